The van der Waals surface area contributed by atoms with Gasteiger partial charge in [-0.15, -0.1) is 0 Å². The van der Waals surface area contributed by atoms with Crippen molar-refractivity contribution in [3.63, 3.8) is 0 Å². The lowest BCUT2D eigenvalue weighted by Gasteiger charge is -2.21. The number of Topliss-reactive ketones (excluding diaryl/α,β-unsaturated/α-hetero) is 1. The first-order chi connectivity index (χ1) is 8.02. The van der Waals surface area contributed by atoms with Crippen LogP contribution >= 0.6 is 0 Å². The molecule has 0 aromatic heterocycles. The van der Waals surface area contributed by atoms with Gasteiger partial charge in [-0.1, -0.05) is 0 Å². The second kappa shape index (κ2) is 4.24. The van der Waals surface area contributed by atoms with Gasteiger partial charge in [-0.3, -0.25) is 9.59 Å². The number of fused-ring (bicyclic) bond motifs is 1. The van der Waals surface area contributed by atoms with E-state index < -0.39 is 29.3 Å². The predicted molar refractivity (Wildman–Crippen MR) is 54.5 cm³/mol. The average Bonchev–Trinajstić information content (AvgIpc) is 2.26. The summed E-state index contributed by atoms with van der Waals surface area (Å²) in [6, 6.07) is 1.76. The van der Waals surface area contributed by atoms with Gasteiger partial charge >= 0.3 is 5.97 Å². The van der Waals surface area contributed by atoms with Crippen LogP contribution in [0.3, 0.4) is 0 Å². The number of hydrogen-bond acceptors (Lipinski definition) is 3. The lowest BCUT2D eigenvalue weighted by atomic mass is 9.82. The number of esters is 1. The van der Waals surface area contributed by atoms with Gasteiger partial charge in [0.05, 0.1) is 18.6 Å². The monoisotopic (exact) mass is 240 g/mol. The van der Waals surface area contributed by atoms with Crippen molar-refractivity contribution in [1.29, 1.82) is 0 Å². The molecule has 3 nitrogen and oxygen atoms in total. The smallest absolute Gasteiger partial charge is 0.309 e. The zero-order valence-corrected chi connectivity index (χ0v) is 9.13. The fraction of sp³-hybridized carbons (Fsp3) is 0.333. The Labute approximate surface area is 96.4 Å². The van der Waals surface area contributed by atoms with Crippen LogP contribution in [0.5, 0.6) is 0 Å². The number of hydrogen-bond donors (Lipinski definition) is 0. The van der Waals surface area contributed by atoms with Crippen LogP contribution in [0.2, 0.25) is 0 Å². The van der Waals surface area contributed by atoms with Gasteiger partial charge in [0.25, 0.3) is 0 Å². The molecule has 0 fully saturated rings. The van der Waals surface area contributed by atoms with E-state index in [9.17, 15) is 18.4 Å². The topological polar surface area (TPSA) is 43.4 Å². The first-order valence-electron chi connectivity index (χ1n) is 5.12. The SMILES string of the molecule is COC(=O)C1CC(=O)c2c(F)cc(F)cc2C1. The minimum atomic E-state index is -0.867. The molecule has 1 aliphatic rings. The lowest BCUT2D eigenvalue weighted by Crippen LogP contribution is -2.28. The van der Waals surface area contributed by atoms with Crippen molar-refractivity contribution in [2.45, 2.75) is 12.8 Å². The van der Waals surface area contributed by atoms with Gasteiger partial charge < -0.3 is 4.74 Å². The summed E-state index contributed by atoms with van der Waals surface area (Å²) < 4.78 is 31.0. The Balaban J connectivity index is 2.43. The van der Waals surface area contributed by atoms with Gasteiger partial charge in [0, 0.05) is 12.5 Å². The average molecular weight is 240 g/mol. The number of benzene rings is 1. The molecule has 0 amide bonds. The maximum absolute atomic E-state index is 13.4. The zero-order valence-electron chi connectivity index (χ0n) is 9.13. The summed E-state index contributed by atoms with van der Waals surface area (Å²) in [5.41, 5.74) is 0.126. The van der Waals surface area contributed by atoms with E-state index in [1.165, 1.54) is 7.11 Å². The third kappa shape index (κ3) is 2.05. The predicted octanol–water partition coefficient (Wildman–Crippen LogP) is 1.88. The molecule has 0 saturated heterocycles. The molecule has 0 bridgehead atoms. The van der Waals surface area contributed by atoms with Crippen LogP contribution in [-0.2, 0) is 16.0 Å². The highest BCUT2D eigenvalue weighted by Crippen LogP contribution is 2.29. The Morgan fingerprint density at radius 1 is 1.35 bits per heavy atom. The molecule has 5 heteroatoms. The number of rotatable bonds is 1. The van der Waals surface area contributed by atoms with E-state index in [2.05, 4.69) is 4.74 Å². The maximum atomic E-state index is 13.4. The van der Waals surface area contributed by atoms with E-state index in [-0.39, 0.29) is 24.0 Å². The van der Waals surface area contributed by atoms with Crippen molar-refractivity contribution in [3.8, 4) is 0 Å². The lowest BCUT2D eigenvalue weighted by molar-refractivity contribution is -0.145. The molecule has 1 unspecified atom stereocenters. The van der Waals surface area contributed by atoms with Crippen LogP contribution in [0.4, 0.5) is 8.78 Å². The van der Waals surface area contributed by atoms with Crippen LogP contribution in [-0.4, -0.2) is 18.9 Å². The van der Waals surface area contributed by atoms with Crippen molar-refractivity contribution in [1.82, 2.24) is 0 Å². The van der Waals surface area contributed by atoms with E-state index in [0.717, 1.165) is 6.07 Å². The van der Waals surface area contributed by atoms with Gasteiger partial charge in [-0.2, -0.15) is 0 Å². The molecule has 1 aromatic rings. The van der Waals surface area contributed by atoms with Crippen LogP contribution in [0.1, 0.15) is 22.3 Å². The van der Waals surface area contributed by atoms with Crippen LogP contribution < -0.4 is 0 Å². The van der Waals surface area contributed by atoms with Gasteiger partial charge in [-0.25, -0.2) is 8.78 Å². The highest BCUT2D eigenvalue weighted by molar-refractivity contribution is 6.01. The standard InChI is InChI=1S/C12H10F2O3/c1-17-12(16)7-2-6-3-8(13)5-9(14)11(6)10(15)4-7/h3,5,7H,2,4H2,1H3. The summed E-state index contributed by atoms with van der Waals surface area (Å²) in [4.78, 5) is 23.0. The fourth-order valence-electron chi connectivity index (χ4n) is 2.10. The Hall–Kier alpha value is -1.78. The van der Waals surface area contributed by atoms with Crippen molar-refractivity contribution in [3.05, 3.63) is 34.9 Å². The normalized spacial score (nSPS) is 18.8. The molecule has 0 radical (unpaired) electrons. The van der Waals surface area contributed by atoms with Crippen molar-refractivity contribution < 1.29 is 23.1 Å². The summed E-state index contributed by atoms with van der Waals surface area (Å²) >= 11 is 0. The van der Waals surface area contributed by atoms with Crippen LogP contribution in [0.25, 0.3) is 0 Å². The minimum absolute atomic E-state index is 0.0950. The third-order valence-electron chi connectivity index (χ3n) is 2.85. The van der Waals surface area contributed by atoms with E-state index >= 15 is 0 Å². The van der Waals surface area contributed by atoms with E-state index in [1.54, 1.807) is 0 Å². The van der Waals surface area contributed by atoms with Gasteiger partial charge in [0.15, 0.2) is 5.78 Å². The Kier molecular flexibility index (Phi) is 2.92. The summed E-state index contributed by atoms with van der Waals surface area (Å²) in [5.74, 6) is -3.29. The van der Waals surface area contributed by atoms with Gasteiger partial charge in [0.1, 0.15) is 11.6 Å². The summed E-state index contributed by atoms with van der Waals surface area (Å²) in [7, 11) is 1.22. The van der Waals surface area contributed by atoms with Crippen molar-refractivity contribution in [2.24, 2.45) is 5.92 Å². The third-order valence-corrected chi connectivity index (χ3v) is 2.85. The highest BCUT2D eigenvalue weighted by atomic mass is 19.1. The number of ketones is 1. The molecule has 1 atom stereocenters. The molecule has 17 heavy (non-hydrogen) atoms. The van der Waals surface area contributed by atoms with Crippen molar-refractivity contribution in [2.75, 3.05) is 7.11 Å². The number of ether oxygens (including phenoxy) is 1. The van der Waals surface area contributed by atoms with E-state index in [4.69, 9.17) is 0 Å². The first-order valence-corrected chi connectivity index (χ1v) is 5.12. The molecular formula is C12H10F2O3. The minimum Gasteiger partial charge on any atom is -0.469 e. The van der Waals surface area contributed by atoms with Crippen molar-refractivity contribution >= 4 is 11.8 Å². The molecule has 2 rings (SSSR count). The molecular weight excluding hydrogens is 230 g/mol. The molecule has 0 N–H and O–H groups in total. The zero-order chi connectivity index (χ0) is 12.6. The summed E-state index contributed by atoms with van der Waals surface area (Å²) in [6.45, 7) is 0. The highest BCUT2D eigenvalue weighted by Gasteiger charge is 2.32. The Bertz CT molecular complexity index is 497. The Morgan fingerprint density at radius 2 is 2.06 bits per heavy atom. The molecule has 0 saturated carbocycles. The molecule has 1 aliphatic carbocycles. The molecule has 0 aliphatic heterocycles. The Morgan fingerprint density at radius 3 is 2.71 bits per heavy atom. The largest absolute Gasteiger partial charge is 0.469 e. The summed E-state index contributed by atoms with van der Waals surface area (Å²) in [6.07, 6.45) is 0.0324. The first kappa shape index (κ1) is 11.7. The number of carbonyl (C=O) groups excluding carboxylic acids is 2. The van der Waals surface area contributed by atoms with E-state index in [0.29, 0.717) is 6.07 Å². The number of halogens is 2. The quantitative estimate of drug-likeness (QED) is 0.704. The number of carbonyl (C=O) groups is 2. The van der Waals surface area contributed by atoms with Gasteiger partial charge in [-0.05, 0) is 18.1 Å². The molecule has 90 valence electrons. The number of methoxy groups -OCH3 is 1. The second-order valence-corrected chi connectivity index (χ2v) is 3.97. The van der Waals surface area contributed by atoms with E-state index in [1.807, 2.05) is 0 Å². The molecule has 0 spiro atoms. The fourth-order valence-corrected chi connectivity index (χ4v) is 2.10. The van der Waals surface area contributed by atoms with Crippen LogP contribution in [0, 0.1) is 17.6 Å². The van der Waals surface area contributed by atoms with Crippen LogP contribution in [0.15, 0.2) is 12.1 Å². The molecule has 1 aromatic carbocycles. The second-order valence-electron chi connectivity index (χ2n) is 3.97. The maximum Gasteiger partial charge on any atom is 0.309 e. The van der Waals surface area contributed by atoms with Gasteiger partial charge in [0.2, 0.25) is 0 Å². The molecule has 0 heterocycles. The summed E-state index contributed by atoms with van der Waals surface area (Å²) in [5, 5.41) is 0.